The molecular formula is C9H19N3S. The molecule has 0 atom stereocenters. The lowest BCUT2D eigenvalue weighted by Crippen LogP contribution is -2.39. The van der Waals surface area contributed by atoms with Gasteiger partial charge in [0.05, 0.1) is 6.54 Å². The van der Waals surface area contributed by atoms with Crippen LogP contribution in [0.2, 0.25) is 0 Å². The van der Waals surface area contributed by atoms with Crippen LogP contribution >= 0.6 is 11.8 Å². The van der Waals surface area contributed by atoms with Crippen molar-refractivity contribution in [2.75, 3.05) is 19.3 Å². The molecule has 0 spiro atoms. The van der Waals surface area contributed by atoms with E-state index in [1.165, 1.54) is 19.3 Å². The number of hydrogen-bond donors (Lipinski definition) is 2. The summed E-state index contributed by atoms with van der Waals surface area (Å²) < 4.78 is 0.403. The van der Waals surface area contributed by atoms with Crippen LogP contribution in [-0.2, 0) is 0 Å². The second-order valence-electron chi connectivity index (χ2n) is 3.47. The van der Waals surface area contributed by atoms with Gasteiger partial charge >= 0.3 is 0 Å². The molecule has 0 amide bonds. The molecule has 76 valence electrons. The average Bonchev–Trinajstić information content (AvgIpc) is 2.04. The van der Waals surface area contributed by atoms with E-state index in [0.717, 1.165) is 13.1 Å². The third-order valence-corrected chi connectivity index (χ3v) is 4.00. The van der Waals surface area contributed by atoms with E-state index in [9.17, 15) is 0 Å². The molecule has 3 nitrogen and oxygen atoms in total. The maximum atomic E-state index is 5.65. The first-order chi connectivity index (χ1) is 6.22. The maximum absolute atomic E-state index is 5.65. The molecule has 0 aliphatic heterocycles. The highest BCUT2D eigenvalue weighted by Gasteiger charge is 2.35. The average molecular weight is 201 g/mol. The lowest BCUT2D eigenvalue weighted by atomic mass is 9.84. The molecule has 0 unspecified atom stereocenters. The van der Waals surface area contributed by atoms with Crippen molar-refractivity contribution in [1.82, 2.24) is 5.32 Å². The van der Waals surface area contributed by atoms with Gasteiger partial charge in [-0.3, -0.25) is 4.99 Å². The Morgan fingerprint density at radius 1 is 1.62 bits per heavy atom. The molecule has 1 rings (SSSR count). The Kier molecular flexibility index (Phi) is 3.90. The predicted molar refractivity (Wildman–Crippen MR) is 60.3 cm³/mol. The molecular weight excluding hydrogens is 182 g/mol. The maximum Gasteiger partial charge on any atom is 0.188 e. The van der Waals surface area contributed by atoms with Crippen LogP contribution in [0.5, 0.6) is 0 Å². The standard InChI is InChI=1S/C9H19N3S/c1-3-11-8(10)12-7-9(13-2)5-4-6-9/h3-7H2,1-2H3,(H3,10,11,12). The summed E-state index contributed by atoms with van der Waals surface area (Å²) in [5.41, 5.74) is 5.65. The quantitative estimate of drug-likeness (QED) is 0.531. The Morgan fingerprint density at radius 2 is 2.31 bits per heavy atom. The van der Waals surface area contributed by atoms with Crippen molar-refractivity contribution in [3.8, 4) is 0 Å². The summed E-state index contributed by atoms with van der Waals surface area (Å²) in [5, 5.41) is 3.01. The summed E-state index contributed by atoms with van der Waals surface area (Å²) in [6, 6.07) is 0. The Balaban J connectivity index is 2.34. The van der Waals surface area contributed by atoms with E-state index >= 15 is 0 Å². The third-order valence-electron chi connectivity index (χ3n) is 2.59. The fourth-order valence-electron chi connectivity index (χ4n) is 1.46. The van der Waals surface area contributed by atoms with Crippen molar-refractivity contribution in [3.05, 3.63) is 0 Å². The van der Waals surface area contributed by atoms with Crippen LogP contribution in [0.3, 0.4) is 0 Å². The third kappa shape index (κ3) is 2.79. The molecule has 0 aromatic heterocycles. The van der Waals surface area contributed by atoms with Gasteiger partial charge in [0, 0.05) is 11.3 Å². The number of aliphatic imine (C=N–C) groups is 1. The zero-order chi connectivity index (χ0) is 9.73. The monoisotopic (exact) mass is 201 g/mol. The first-order valence-electron chi connectivity index (χ1n) is 4.81. The van der Waals surface area contributed by atoms with E-state index in [1.807, 2.05) is 18.7 Å². The summed E-state index contributed by atoms with van der Waals surface area (Å²) in [7, 11) is 0. The first kappa shape index (κ1) is 10.7. The number of nitrogens with two attached hydrogens (primary N) is 1. The van der Waals surface area contributed by atoms with Gasteiger partial charge in [-0.1, -0.05) is 6.42 Å². The van der Waals surface area contributed by atoms with Gasteiger partial charge in [-0.15, -0.1) is 0 Å². The van der Waals surface area contributed by atoms with Crippen LogP contribution in [-0.4, -0.2) is 30.1 Å². The molecule has 1 saturated carbocycles. The lowest BCUT2D eigenvalue weighted by molar-refractivity contribution is 0.372. The number of guanidine groups is 1. The van der Waals surface area contributed by atoms with Crippen molar-refractivity contribution in [3.63, 3.8) is 0 Å². The zero-order valence-corrected chi connectivity index (χ0v) is 9.28. The highest BCUT2D eigenvalue weighted by molar-refractivity contribution is 8.00. The zero-order valence-electron chi connectivity index (χ0n) is 8.47. The molecule has 0 heterocycles. The SMILES string of the molecule is CCNC(N)=NCC1(SC)CCC1. The normalized spacial score (nSPS) is 20.9. The van der Waals surface area contributed by atoms with E-state index < -0.39 is 0 Å². The van der Waals surface area contributed by atoms with E-state index in [2.05, 4.69) is 16.6 Å². The highest BCUT2D eigenvalue weighted by atomic mass is 32.2. The molecule has 13 heavy (non-hydrogen) atoms. The largest absolute Gasteiger partial charge is 0.370 e. The lowest BCUT2D eigenvalue weighted by Gasteiger charge is -2.39. The summed E-state index contributed by atoms with van der Waals surface area (Å²) in [4.78, 5) is 4.34. The molecule has 0 aromatic rings. The Hall–Kier alpha value is -0.380. The van der Waals surface area contributed by atoms with E-state index in [4.69, 9.17) is 5.73 Å². The Bertz CT molecular complexity index is 182. The number of rotatable bonds is 4. The van der Waals surface area contributed by atoms with Gasteiger partial charge in [-0.25, -0.2) is 0 Å². The van der Waals surface area contributed by atoms with Crippen molar-refractivity contribution in [1.29, 1.82) is 0 Å². The molecule has 1 fully saturated rings. The van der Waals surface area contributed by atoms with Gasteiger partial charge in [-0.2, -0.15) is 11.8 Å². The summed E-state index contributed by atoms with van der Waals surface area (Å²) >= 11 is 1.93. The van der Waals surface area contributed by atoms with Crippen LogP contribution in [0.25, 0.3) is 0 Å². The second kappa shape index (κ2) is 4.74. The topological polar surface area (TPSA) is 50.4 Å². The van der Waals surface area contributed by atoms with Crippen molar-refractivity contribution in [2.45, 2.75) is 30.9 Å². The van der Waals surface area contributed by atoms with E-state index in [1.54, 1.807) is 0 Å². The molecule has 1 aliphatic carbocycles. The molecule has 0 bridgehead atoms. The summed E-state index contributed by atoms with van der Waals surface area (Å²) in [5.74, 6) is 0.586. The van der Waals surface area contributed by atoms with Gasteiger partial charge in [0.25, 0.3) is 0 Å². The number of hydrogen-bond acceptors (Lipinski definition) is 2. The molecule has 4 heteroatoms. The first-order valence-corrected chi connectivity index (χ1v) is 6.04. The van der Waals surface area contributed by atoms with Crippen LogP contribution in [0.15, 0.2) is 4.99 Å². The number of thioether (sulfide) groups is 1. The van der Waals surface area contributed by atoms with Crippen LogP contribution in [0.1, 0.15) is 26.2 Å². The smallest absolute Gasteiger partial charge is 0.188 e. The second-order valence-corrected chi connectivity index (χ2v) is 4.75. The minimum absolute atomic E-state index is 0.403. The minimum Gasteiger partial charge on any atom is -0.370 e. The molecule has 1 aliphatic rings. The molecule has 0 saturated heterocycles. The van der Waals surface area contributed by atoms with Gasteiger partial charge < -0.3 is 11.1 Å². The fourth-order valence-corrected chi connectivity index (χ4v) is 2.35. The van der Waals surface area contributed by atoms with Crippen LogP contribution in [0.4, 0.5) is 0 Å². The van der Waals surface area contributed by atoms with Gasteiger partial charge in [0.2, 0.25) is 0 Å². The van der Waals surface area contributed by atoms with E-state index in [-0.39, 0.29) is 0 Å². The van der Waals surface area contributed by atoms with Crippen molar-refractivity contribution >= 4 is 17.7 Å². The predicted octanol–water partition coefficient (Wildman–Crippen LogP) is 1.20. The van der Waals surface area contributed by atoms with E-state index in [0.29, 0.717) is 10.7 Å². The fraction of sp³-hybridized carbons (Fsp3) is 0.889. The summed E-state index contributed by atoms with van der Waals surface area (Å²) in [6.07, 6.45) is 6.09. The summed E-state index contributed by atoms with van der Waals surface area (Å²) in [6.45, 7) is 3.74. The number of nitrogens with zero attached hydrogens (tertiary/aromatic N) is 1. The minimum atomic E-state index is 0.403. The van der Waals surface area contributed by atoms with Crippen molar-refractivity contribution in [2.24, 2.45) is 10.7 Å². The highest BCUT2D eigenvalue weighted by Crippen LogP contribution is 2.42. The molecule has 0 aromatic carbocycles. The van der Waals surface area contributed by atoms with Gasteiger partial charge in [-0.05, 0) is 26.0 Å². The van der Waals surface area contributed by atoms with Gasteiger partial charge in [0.15, 0.2) is 5.96 Å². The molecule has 0 radical (unpaired) electrons. The van der Waals surface area contributed by atoms with Crippen LogP contribution < -0.4 is 11.1 Å². The number of nitrogens with one attached hydrogen (secondary N) is 1. The molecule has 3 N–H and O–H groups in total. The van der Waals surface area contributed by atoms with Crippen molar-refractivity contribution < 1.29 is 0 Å². The Morgan fingerprint density at radius 3 is 2.69 bits per heavy atom. The van der Waals surface area contributed by atoms with Gasteiger partial charge in [0.1, 0.15) is 0 Å². The Labute approximate surface area is 84.6 Å². The van der Waals surface area contributed by atoms with Crippen LogP contribution in [0, 0.1) is 0 Å².